The van der Waals surface area contributed by atoms with Crippen LogP contribution in [0.2, 0.25) is 0 Å². The van der Waals surface area contributed by atoms with E-state index in [0.717, 1.165) is 11.1 Å². The third-order valence-corrected chi connectivity index (χ3v) is 6.14. The van der Waals surface area contributed by atoms with E-state index in [1.807, 2.05) is 41.5 Å². The van der Waals surface area contributed by atoms with Crippen molar-refractivity contribution < 1.29 is 18.7 Å². The molecule has 0 N–H and O–H groups in total. The normalized spacial score (nSPS) is 19.8. The number of amides is 1. The first-order chi connectivity index (χ1) is 15.0. The zero-order valence-electron chi connectivity index (χ0n) is 17.5. The molecule has 0 aliphatic carbocycles. The number of ether oxygens (including phenoxy) is 2. The molecule has 1 fully saturated rings. The number of halogens is 1. The number of hydrogen-bond acceptors (Lipinski definition) is 6. The van der Waals surface area contributed by atoms with Crippen LogP contribution in [0.15, 0.2) is 30.5 Å². The highest BCUT2D eigenvalue weighted by Crippen LogP contribution is 2.37. The predicted octanol–water partition coefficient (Wildman–Crippen LogP) is 2.70. The molecule has 2 aromatic heterocycles. The van der Waals surface area contributed by atoms with Gasteiger partial charge in [-0.25, -0.2) is 9.37 Å². The van der Waals surface area contributed by atoms with Gasteiger partial charge in [-0.05, 0) is 31.0 Å². The largest absolute Gasteiger partial charge is 0.494 e. The SMILES string of the molecule is COc1ccnc(-c2nnc3n2C[C@@H]2COC[C@H]3N2C(=O)c2cccc(C)c2C)c1F. The van der Waals surface area contributed by atoms with Crippen LogP contribution in [-0.4, -0.2) is 56.9 Å². The van der Waals surface area contributed by atoms with Crippen molar-refractivity contribution >= 4 is 5.91 Å². The van der Waals surface area contributed by atoms with Crippen LogP contribution < -0.4 is 4.74 Å². The number of pyridine rings is 1. The average molecular weight is 423 g/mol. The molecule has 31 heavy (non-hydrogen) atoms. The molecule has 3 aromatic rings. The number of aromatic nitrogens is 4. The van der Waals surface area contributed by atoms with E-state index in [2.05, 4.69) is 15.2 Å². The Labute approximate surface area is 178 Å². The smallest absolute Gasteiger partial charge is 0.255 e. The first-order valence-corrected chi connectivity index (χ1v) is 10.1. The minimum atomic E-state index is -0.587. The van der Waals surface area contributed by atoms with Gasteiger partial charge in [-0.3, -0.25) is 4.79 Å². The number of carbonyl (C=O) groups excluding carboxylic acids is 1. The van der Waals surface area contributed by atoms with Crippen molar-refractivity contribution in [2.24, 2.45) is 0 Å². The van der Waals surface area contributed by atoms with Crippen LogP contribution in [0.1, 0.15) is 33.4 Å². The lowest BCUT2D eigenvalue weighted by molar-refractivity contribution is -0.0569. The number of rotatable bonds is 3. The molecule has 2 aliphatic rings. The summed E-state index contributed by atoms with van der Waals surface area (Å²) in [6.07, 6.45) is 1.47. The van der Waals surface area contributed by atoms with Gasteiger partial charge in [0.15, 0.2) is 23.2 Å². The van der Waals surface area contributed by atoms with E-state index >= 15 is 0 Å². The van der Waals surface area contributed by atoms with Crippen LogP contribution >= 0.6 is 0 Å². The number of methoxy groups -OCH3 is 1. The predicted molar refractivity (Wildman–Crippen MR) is 109 cm³/mol. The molecule has 2 aliphatic heterocycles. The lowest BCUT2D eigenvalue weighted by atomic mass is 9.98. The zero-order chi connectivity index (χ0) is 21.7. The number of carbonyl (C=O) groups is 1. The molecular formula is C22H22FN5O3. The van der Waals surface area contributed by atoms with E-state index in [1.54, 1.807) is 0 Å². The van der Waals surface area contributed by atoms with E-state index in [4.69, 9.17) is 9.47 Å². The van der Waals surface area contributed by atoms with Crippen LogP contribution in [0.5, 0.6) is 5.75 Å². The lowest BCUT2D eigenvalue weighted by Gasteiger charge is -2.45. The molecule has 4 heterocycles. The van der Waals surface area contributed by atoms with Crippen molar-refractivity contribution in [3.05, 3.63) is 58.8 Å². The van der Waals surface area contributed by atoms with Crippen molar-refractivity contribution in [3.63, 3.8) is 0 Å². The Kier molecular flexibility index (Phi) is 4.70. The molecule has 2 atom stereocenters. The number of fused-ring (bicyclic) bond motifs is 4. The van der Waals surface area contributed by atoms with Gasteiger partial charge in [0.2, 0.25) is 0 Å². The molecule has 9 heteroatoms. The number of aryl methyl sites for hydroxylation is 1. The molecule has 0 spiro atoms. The Morgan fingerprint density at radius 1 is 1.23 bits per heavy atom. The third-order valence-electron chi connectivity index (χ3n) is 6.14. The average Bonchev–Trinajstić information content (AvgIpc) is 3.18. The fourth-order valence-electron chi connectivity index (χ4n) is 4.37. The fourth-order valence-corrected chi connectivity index (χ4v) is 4.37. The van der Waals surface area contributed by atoms with Crippen LogP contribution in [0.4, 0.5) is 4.39 Å². The highest BCUT2D eigenvalue weighted by atomic mass is 19.1. The molecule has 5 rings (SSSR count). The zero-order valence-corrected chi connectivity index (χ0v) is 17.5. The van der Waals surface area contributed by atoms with Crippen LogP contribution in [0, 0.1) is 19.7 Å². The summed E-state index contributed by atoms with van der Waals surface area (Å²) in [5.41, 5.74) is 2.77. The summed E-state index contributed by atoms with van der Waals surface area (Å²) >= 11 is 0. The van der Waals surface area contributed by atoms with Crippen molar-refractivity contribution in [2.45, 2.75) is 32.5 Å². The fraction of sp³-hybridized carbons (Fsp3) is 0.364. The van der Waals surface area contributed by atoms with Gasteiger partial charge in [0, 0.05) is 24.4 Å². The van der Waals surface area contributed by atoms with Crippen molar-refractivity contribution in [1.29, 1.82) is 0 Å². The number of morpholine rings is 1. The number of benzene rings is 1. The van der Waals surface area contributed by atoms with Gasteiger partial charge in [0.1, 0.15) is 11.7 Å². The van der Waals surface area contributed by atoms with Gasteiger partial charge in [-0.1, -0.05) is 12.1 Å². The van der Waals surface area contributed by atoms with Gasteiger partial charge >= 0.3 is 0 Å². The van der Waals surface area contributed by atoms with E-state index in [-0.39, 0.29) is 23.4 Å². The number of nitrogens with zero attached hydrogens (tertiary/aromatic N) is 5. The summed E-state index contributed by atoms with van der Waals surface area (Å²) in [4.78, 5) is 19.5. The molecule has 1 aromatic carbocycles. The summed E-state index contributed by atoms with van der Waals surface area (Å²) in [5.74, 6) is 0.334. The summed E-state index contributed by atoms with van der Waals surface area (Å²) in [7, 11) is 1.40. The Bertz CT molecular complexity index is 1180. The van der Waals surface area contributed by atoms with Crippen LogP contribution in [0.25, 0.3) is 11.5 Å². The van der Waals surface area contributed by atoms with Gasteiger partial charge < -0.3 is 18.9 Å². The molecule has 1 amide bonds. The van der Waals surface area contributed by atoms with Gasteiger partial charge in [-0.2, -0.15) is 0 Å². The second-order valence-electron chi connectivity index (χ2n) is 7.84. The highest BCUT2D eigenvalue weighted by molar-refractivity contribution is 5.96. The molecular weight excluding hydrogens is 401 g/mol. The molecule has 0 radical (unpaired) electrons. The monoisotopic (exact) mass is 423 g/mol. The second-order valence-corrected chi connectivity index (χ2v) is 7.84. The maximum absolute atomic E-state index is 14.8. The molecule has 160 valence electrons. The lowest BCUT2D eigenvalue weighted by Crippen LogP contribution is -2.56. The van der Waals surface area contributed by atoms with E-state index in [0.29, 0.717) is 37.0 Å². The first-order valence-electron chi connectivity index (χ1n) is 10.1. The van der Waals surface area contributed by atoms with Crippen molar-refractivity contribution in [3.8, 4) is 17.3 Å². The third kappa shape index (κ3) is 2.99. The second kappa shape index (κ2) is 7.42. The Hall–Kier alpha value is -3.33. The van der Waals surface area contributed by atoms with Crippen LogP contribution in [-0.2, 0) is 11.3 Å². The van der Waals surface area contributed by atoms with Gasteiger partial charge in [0.05, 0.1) is 26.4 Å². The van der Waals surface area contributed by atoms with E-state index < -0.39 is 11.9 Å². The van der Waals surface area contributed by atoms with Crippen LogP contribution in [0.3, 0.4) is 0 Å². The van der Waals surface area contributed by atoms with Crippen molar-refractivity contribution in [1.82, 2.24) is 24.6 Å². The summed E-state index contributed by atoms with van der Waals surface area (Å²) in [6.45, 7) is 5.03. The molecule has 2 bridgehead atoms. The quantitative estimate of drug-likeness (QED) is 0.644. The van der Waals surface area contributed by atoms with E-state index in [9.17, 15) is 9.18 Å². The maximum atomic E-state index is 14.8. The Balaban J connectivity index is 1.57. The maximum Gasteiger partial charge on any atom is 0.255 e. The highest BCUT2D eigenvalue weighted by Gasteiger charge is 2.44. The van der Waals surface area contributed by atoms with Gasteiger partial charge in [0.25, 0.3) is 5.91 Å². The number of hydrogen-bond donors (Lipinski definition) is 0. The molecule has 1 saturated heterocycles. The van der Waals surface area contributed by atoms with E-state index in [1.165, 1.54) is 19.4 Å². The minimum Gasteiger partial charge on any atom is -0.494 e. The molecule has 0 saturated carbocycles. The topological polar surface area (TPSA) is 82.4 Å². The van der Waals surface area contributed by atoms with Crippen molar-refractivity contribution in [2.75, 3.05) is 20.3 Å². The Morgan fingerprint density at radius 3 is 2.87 bits per heavy atom. The molecule has 0 unspecified atom stereocenters. The molecule has 8 nitrogen and oxygen atoms in total. The standard InChI is InChI=1S/C22H22FN5O3/c1-12-5-4-6-15(13(12)2)22(29)28-14-9-27-20(16(28)11-31-10-14)25-26-21(27)19-18(23)17(30-3)7-8-24-19/h4-8,14,16H,9-11H2,1-3H3/t14-,16-/m1/s1. The first kappa shape index (κ1) is 19.6. The summed E-state index contributed by atoms with van der Waals surface area (Å²) < 4.78 is 27.5. The minimum absolute atomic E-state index is 0.0546. The summed E-state index contributed by atoms with van der Waals surface area (Å²) in [6, 6.07) is 6.56. The Morgan fingerprint density at radius 2 is 2.06 bits per heavy atom. The van der Waals surface area contributed by atoms with Gasteiger partial charge in [-0.15, -0.1) is 10.2 Å². The summed E-state index contributed by atoms with van der Waals surface area (Å²) in [5, 5.41) is 8.53.